The second kappa shape index (κ2) is 14.4. The van der Waals surface area contributed by atoms with Crippen LogP contribution in [0.1, 0.15) is 92.2 Å². The molecule has 2 aliphatic rings. The van der Waals surface area contributed by atoms with E-state index in [9.17, 15) is 4.79 Å². The van der Waals surface area contributed by atoms with Crippen LogP contribution in [0.5, 0.6) is 0 Å². The fraction of sp³-hybridized carbons (Fsp3) is 0.486. The van der Waals surface area contributed by atoms with Crippen molar-refractivity contribution in [2.24, 2.45) is 5.92 Å². The van der Waals surface area contributed by atoms with Gasteiger partial charge >= 0.3 is 0 Å². The van der Waals surface area contributed by atoms with Crippen molar-refractivity contribution in [3.63, 3.8) is 0 Å². The topological polar surface area (TPSA) is 45.2 Å². The number of nitrogens with one attached hydrogen (secondary N) is 1. The van der Waals surface area contributed by atoms with E-state index >= 15 is 0 Å². The summed E-state index contributed by atoms with van der Waals surface area (Å²) in [4.78, 5) is 20.2. The van der Waals surface area contributed by atoms with E-state index in [0.29, 0.717) is 13.1 Å². The van der Waals surface area contributed by atoms with Gasteiger partial charge in [-0.05, 0) is 59.6 Å². The summed E-state index contributed by atoms with van der Waals surface area (Å²) in [7, 11) is 0. The summed E-state index contributed by atoms with van der Waals surface area (Å²) in [5.41, 5.74) is 6.13. The number of unbranched alkanes of at least 4 members (excludes halogenated alkanes) is 3. The van der Waals surface area contributed by atoms with Crippen LogP contribution in [0.15, 0.2) is 72.9 Å². The predicted octanol–water partition coefficient (Wildman–Crippen LogP) is 7.40. The van der Waals surface area contributed by atoms with Crippen molar-refractivity contribution in [2.75, 3.05) is 0 Å². The molecule has 1 N–H and O–H groups in total. The lowest BCUT2D eigenvalue weighted by atomic mass is 9.85. The van der Waals surface area contributed by atoms with Gasteiger partial charge in [0.25, 0.3) is 0 Å². The van der Waals surface area contributed by atoms with Gasteiger partial charge in [-0.25, -0.2) is 0 Å². The summed E-state index contributed by atoms with van der Waals surface area (Å²) in [5, 5.41) is 3.23. The molecule has 1 amide bonds. The molecule has 1 aromatic heterocycles. The molecule has 3 aromatic rings. The highest BCUT2D eigenvalue weighted by Gasteiger charge is 2.31. The van der Waals surface area contributed by atoms with E-state index in [1.165, 1.54) is 80.9 Å². The highest BCUT2D eigenvalue weighted by Crippen LogP contribution is 2.28. The molecule has 1 saturated carbocycles. The zero-order valence-corrected chi connectivity index (χ0v) is 23.5. The Kier molecular flexibility index (Phi) is 10.2. The van der Waals surface area contributed by atoms with E-state index in [1.54, 1.807) is 0 Å². The van der Waals surface area contributed by atoms with Gasteiger partial charge in [-0.15, -0.1) is 0 Å². The Morgan fingerprint density at radius 3 is 2.36 bits per heavy atom. The van der Waals surface area contributed by atoms with E-state index in [1.807, 2.05) is 24.4 Å². The Labute approximate surface area is 235 Å². The molecule has 4 nitrogen and oxygen atoms in total. The van der Waals surface area contributed by atoms with Crippen LogP contribution >= 0.6 is 0 Å². The lowest BCUT2D eigenvalue weighted by Crippen LogP contribution is -2.49. The molecule has 0 bridgehead atoms. The number of rotatable bonds is 12. The maximum atomic E-state index is 13.4. The van der Waals surface area contributed by atoms with Crippen molar-refractivity contribution >= 4 is 5.91 Å². The molecule has 0 radical (unpaired) electrons. The van der Waals surface area contributed by atoms with Crippen LogP contribution in [0.4, 0.5) is 0 Å². The average Bonchev–Trinajstić information content (AvgIpc) is 2.99. The van der Waals surface area contributed by atoms with Crippen molar-refractivity contribution in [1.82, 2.24) is 15.2 Å². The summed E-state index contributed by atoms with van der Waals surface area (Å²) in [6.45, 7) is 2.00. The average molecular weight is 524 g/mol. The summed E-state index contributed by atoms with van der Waals surface area (Å²) >= 11 is 0. The second-order valence-electron chi connectivity index (χ2n) is 11.7. The van der Waals surface area contributed by atoms with Gasteiger partial charge in [-0.1, -0.05) is 112 Å². The molecule has 2 aromatic carbocycles. The van der Waals surface area contributed by atoms with Crippen LogP contribution in [-0.2, 0) is 37.3 Å². The number of aromatic nitrogens is 1. The highest BCUT2D eigenvalue weighted by molar-refractivity contribution is 5.82. The van der Waals surface area contributed by atoms with Crippen molar-refractivity contribution in [1.29, 1.82) is 0 Å². The third kappa shape index (κ3) is 8.25. The van der Waals surface area contributed by atoms with Gasteiger partial charge in [0, 0.05) is 25.8 Å². The highest BCUT2D eigenvalue weighted by atomic mass is 16.2. The number of benzene rings is 2. The molecule has 0 saturated heterocycles. The first-order valence-electron chi connectivity index (χ1n) is 15.3. The van der Waals surface area contributed by atoms with Gasteiger partial charge in [0.05, 0.1) is 11.7 Å². The van der Waals surface area contributed by atoms with E-state index in [4.69, 9.17) is 0 Å². The zero-order valence-electron chi connectivity index (χ0n) is 23.5. The first-order chi connectivity index (χ1) is 19.2. The third-order valence-electron chi connectivity index (χ3n) is 8.78. The quantitative estimate of drug-likeness (QED) is 0.252. The molecule has 2 heterocycles. The SMILES string of the molecule is O=C(NCc1ccc(CCCCCCC2CCCCC2)cc1)[C@@H]1Cc2ccccc2CN1Cc1ccccn1. The van der Waals surface area contributed by atoms with E-state index in [-0.39, 0.29) is 11.9 Å². The molecule has 39 heavy (non-hydrogen) atoms. The third-order valence-corrected chi connectivity index (χ3v) is 8.78. The molecular formula is C35H45N3O. The van der Waals surface area contributed by atoms with Crippen LogP contribution in [0.2, 0.25) is 0 Å². The van der Waals surface area contributed by atoms with Gasteiger partial charge in [0.15, 0.2) is 0 Å². The summed E-state index contributed by atoms with van der Waals surface area (Å²) in [6, 6.07) is 23.1. The zero-order chi connectivity index (χ0) is 26.7. The first kappa shape index (κ1) is 27.6. The summed E-state index contributed by atoms with van der Waals surface area (Å²) in [5.74, 6) is 1.11. The van der Waals surface area contributed by atoms with Crippen LogP contribution in [-0.4, -0.2) is 21.8 Å². The van der Waals surface area contributed by atoms with Crippen LogP contribution in [0.25, 0.3) is 0 Å². The molecule has 0 unspecified atom stereocenters. The van der Waals surface area contributed by atoms with Crippen molar-refractivity contribution < 1.29 is 4.79 Å². The molecule has 206 valence electrons. The number of carbonyl (C=O) groups excluding carboxylic acids is 1. The standard InChI is InChI=1S/C35H45N3O/c39-35(34-24-31-16-8-9-17-32(31)26-38(34)27-33-18-10-11-23-36-33)37-25-30-21-19-29(20-22-30)15-5-2-1-4-12-28-13-6-3-7-14-28/h8-11,16-23,28,34H,1-7,12-15,24-27H2,(H,37,39)/t34-/m0/s1. The van der Waals surface area contributed by atoms with E-state index < -0.39 is 0 Å². The maximum Gasteiger partial charge on any atom is 0.237 e. The molecular weight excluding hydrogens is 478 g/mol. The Hall–Kier alpha value is -2.98. The Balaban J connectivity index is 1.07. The number of carbonyl (C=O) groups is 1. The number of fused-ring (bicyclic) bond motifs is 1. The van der Waals surface area contributed by atoms with Crippen LogP contribution in [0.3, 0.4) is 0 Å². The van der Waals surface area contributed by atoms with Gasteiger partial charge in [0.1, 0.15) is 0 Å². The summed E-state index contributed by atoms with van der Waals surface area (Å²) < 4.78 is 0. The maximum absolute atomic E-state index is 13.4. The Morgan fingerprint density at radius 1 is 0.821 bits per heavy atom. The molecule has 4 heteroatoms. The largest absolute Gasteiger partial charge is 0.351 e. The van der Waals surface area contributed by atoms with E-state index in [0.717, 1.165) is 36.6 Å². The number of pyridine rings is 1. The number of hydrogen-bond donors (Lipinski definition) is 1. The second-order valence-corrected chi connectivity index (χ2v) is 11.7. The van der Waals surface area contributed by atoms with Gasteiger partial charge in [0.2, 0.25) is 5.91 Å². The molecule has 5 rings (SSSR count). The Morgan fingerprint density at radius 2 is 1.56 bits per heavy atom. The van der Waals surface area contributed by atoms with Crippen molar-refractivity contribution in [2.45, 2.75) is 103 Å². The minimum atomic E-state index is -0.195. The molecule has 1 aliphatic heterocycles. The lowest BCUT2D eigenvalue weighted by molar-refractivity contribution is -0.127. The number of aryl methyl sites for hydroxylation is 1. The summed E-state index contributed by atoms with van der Waals surface area (Å²) in [6.07, 6.45) is 17.9. The van der Waals surface area contributed by atoms with Crippen molar-refractivity contribution in [3.05, 3.63) is 101 Å². The molecule has 0 spiro atoms. The molecule has 1 atom stereocenters. The fourth-order valence-corrected chi connectivity index (χ4v) is 6.42. The van der Waals surface area contributed by atoms with Crippen LogP contribution < -0.4 is 5.32 Å². The lowest BCUT2D eigenvalue weighted by Gasteiger charge is -2.35. The number of amides is 1. The minimum Gasteiger partial charge on any atom is -0.351 e. The minimum absolute atomic E-state index is 0.0951. The van der Waals surface area contributed by atoms with Gasteiger partial charge in [-0.2, -0.15) is 0 Å². The number of nitrogens with zero attached hydrogens (tertiary/aromatic N) is 2. The van der Waals surface area contributed by atoms with Gasteiger partial charge < -0.3 is 5.32 Å². The van der Waals surface area contributed by atoms with Crippen LogP contribution in [0, 0.1) is 5.92 Å². The predicted molar refractivity (Wildman–Crippen MR) is 159 cm³/mol. The number of hydrogen-bond acceptors (Lipinski definition) is 3. The molecule has 1 aliphatic carbocycles. The first-order valence-corrected chi connectivity index (χ1v) is 15.3. The molecule has 1 fully saturated rings. The van der Waals surface area contributed by atoms with Gasteiger partial charge in [-0.3, -0.25) is 14.7 Å². The Bertz CT molecular complexity index is 1150. The van der Waals surface area contributed by atoms with E-state index in [2.05, 4.69) is 63.7 Å². The van der Waals surface area contributed by atoms with Crippen molar-refractivity contribution in [3.8, 4) is 0 Å². The normalized spacial score (nSPS) is 18.0. The fourth-order valence-electron chi connectivity index (χ4n) is 6.42. The monoisotopic (exact) mass is 523 g/mol. The smallest absolute Gasteiger partial charge is 0.237 e.